The van der Waals surface area contributed by atoms with Crippen LogP contribution in [0.25, 0.3) is 0 Å². The molecule has 0 amide bonds. The smallest absolute Gasteiger partial charge is 0.0392 e. The molecule has 0 aliphatic carbocycles. The average Bonchev–Trinajstić information content (AvgIpc) is 1.91. The first-order valence-electron chi connectivity index (χ1n) is 2.40. The van der Waals surface area contributed by atoms with Crippen LogP contribution in [0, 0.1) is 13.8 Å². The van der Waals surface area contributed by atoms with Crippen LogP contribution in [0.3, 0.4) is 0 Å². The topological polar surface area (TPSA) is 0 Å². The fourth-order valence-electron chi connectivity index (χ4n) is 0.519. The molecule has 7 heavy (non-hydrogen) atoms. The molecule has 1 rings (SSSR count). The van der Waals surface area contributed by atoms with Crippen LogP contribution in [0.2, 0.25) is 0 Å². The number of hydrogen-bond acceptors (Lipinski definition) is 0. The Kier molecular flexibility index (Phi) is 1.21. The zero-order valence-electron chi connectivity index (χ0n) is 4.65. The molecule has 0 spiro atoms. The minimum Gasteiger partial charge on any atom is -0.139 e. The normalized spacial score (nSPS) is 9.43. The Hall–Kier alpha value is -0.220. The Morgan fingerprint density at radius 3 is 1.71 bits per heavy atom. The van der Waals surface area contributed by atoms with E-state index in [1.165, 1.54) is 11.1 Å². The van der Waals surface area contributed by atoms with Gasteiger partial charge in [0.1, 0.15) is 0 Å². The molecule has 0 N–H and O–H groups in total. The molecule has 0 nitrogen and oxygen atoms in total. The largest absolute Gasteiger partial charge is 0.139 e. The molecule has 0 saturated carbocycles. The summed E-state index contributed by atoms with van der Waals surface area (Å²) in [5, 5.41) is 0. The highest BCUT2D eigenvalue weighted by Gasteiger charge is 1.85. The molecule has 38 valence electrons. The third-order valence-corrected chi connectivity index (χ3v) is 2.42. The van der Waals surface area contributed by atoms with Gasteiger partial charge in [-0.3, -0.25) is 0 Å². The summed E-state index contributed by atoms with van der Waals surface area (Å²) in [7, 11) is 0.945. The second-order valence-corrected chi connectivity index (χ2v) is 2.73. The van der Waals surface area contributed by atoms with Crippen LogP contribution in [0.15, 0.2) is 11.6 Å². The Morgan fingerprint density at radius 1 is 1.14 bits per heavy atom. The highest BCUT2D eigenvalue weighted by Crippen LogP contribution is 2.15. The van der Waals surface area contributed by atoms with Gasteiger partial charge in [0, 0.05) is 0 Å². The van der Waals surface area contributed by atoms with Crippen molar-refractivity contribution in [3.05, 3.63) is 22.7 Å². The first kappa shape index (κ1) is 4.93. The Morgan fingerprint density at radius 2 is 1.57 bits per heavy atom. The van der Waals surface area contributed by atoms with Crippen LogP contribution in [0.1, 0.15) is 11.1 Å². The summed E-state index contributed by atoms with van der Waals surface area (Å²) in [4.78, 5) is 0. The van der Waals surface area contributed by atoms with E-state index in [2.05, 4.69) is 25.4 Å². The average molecular weight is 112 g/mol. The molecule has 0 atom stereocenters. The van der Waals surface area contributed by atoms with Crippen molar-refractivity contribution in [1.82, 2.24) is 0 Å². The summed E-state index contributed by atoms with van der Waals surface area (Å²) in [5.74, 6) is 4.55. The van der Waals surface area contributed by atoms with E-state index in [4.69, 9.17) is 0 Å². The summed E-state index contributed by atoms with van der Waals surface area (Å²) in [6.07, 6.45) is 0. The third-order valence-electron chi connectivity index (χ3n) is 1.22. The highest BCUT2D eigenvalue weighted by molar-refractivity contribution is 7.28. The van der Waals surface area contributed by atoms with Gasteiger partial charge in [-0.05, 0) is 36.6 Å². The molecule has 0 aliphatic rings. The van der Waals surface area contributed by atoms with Crippen LogP contribution in [-0.2, 0) is 0 Å². The van der Waals surface area contributed by atoms with Crippen molar-refractivity contribution in [2.75, 3.05) is 0 Å². The zero-order chi connectivity index (χ0) is 5.28. The van der Waals surface area contributed by atoms with E-state index in [1.54, 1.807) is 0 Å². The lowest BCUT2D eigenvalue weighted by molar-refractivity contribution is 1.41. The summed E-state index contributed by atoms with van der Waals surface area (Å²) in [6.45, 7) is 4.32. The van der Waals surface area contributed by atoms with E-state index in [-0.39, 0.29) is 0 Å². The monoisotopic (exact) mass is 112 g/mol. The molecule has 0 saturated heterocycles. The molecule has 0 aliphatic heterocycles. The molecule has 1 aromatic heterocycles. The first-order valence-corrected chi connectivity index (χ1v) is 3.56. The van der Waals surface area contributed by atoms with Gasteiger partial charge >= 0.3 is 0 Å². The first-order chi connectivity index (χ1) is 3.30. The lowest BCUT2D eigenvalue weighted by atomic mass is 10.2. The van der Waals surface area contributed by atoms with Crippen LogP contribution >= 0.6 is 8.19 Å². The molecule has 0 unspecified atom stereocenters. The zero-order valence-corrected chi connectivity index (χ0v) is 5.65. The quantitative estimate of drug-likeness (QED) is 0.483. The highest BCUT2D eigenvalue weighted by atomic mass is 31.0. The van der Waals surface area contributed by atoms with Crippen molar-refractivity contribution in [3.63, 3.8) is 0 Å². The van der Waals surface area contributed by atoms with E-state index >= 15 is 0 Å². The number of hydrogen-bond donors (Lipinski definition) is 0. The summed E-state index contributed by atoms with van der Waals surface area (Å²) in [6, 6.07) is 0. The van der Waals surface area contributed by atoms with Crippen molar-refractivity contribution < 1.29 is 0 Å². The number of aryl methyl sites for hydroxylation is 2. The van der Waals surface area contributed by atoms with Gasteiger partial charge in [0.15, 0.2) is 0 Å². The predicted molar refractivity (Wildman–Crippen MR) is 35.4 cm³/mol. The summed E-state index contributed by atoms with van der Waals surface area (Å²) >= 11 is 0. The molecule has 0 bridgehead atoms. The maximum absolute atomic E-state index is 2.27. The predicted octanol–water partition coefficient (Wildman–Crippen LogP) is 2.33. The SMILES string of the molecule is Cc1c[pH]cc1C. The van der Waals surface area contributed by atoms with Crippen molar-refractivity contribution in [3.8, 4) is 0 Å². The van der Waals surface area contributed by atoms with Crippen molar-refractivity contribution >= 4 is 8.19 Å². The van der Waals surface area contributed by atoms with E-state index in [0.717, 1.165) is 8.19 Å². The molecule has 1 heteroatoms. The van der Waals surface area contributed by atoms with Crippen molar-refractivity contribution in [2.24, 2.45) is 0 Å². The second-order valence-electron chi connectivity index (χ2n) is 1.82. The molecular formula is C6H9P. The lowest BCUT2D eigenvalue weighted by Gasteiger charge is -1.80. The second kappa shape index (κ2) is 1.71. The van der Waals surface area contributed by atoms with Crippen molar-refractivity contribution in [1.29, 1.82) is 0 Å². The fourth-order valence-corrected chi connectivity index (χ4v) is 1.56. The van der Waals surface area contributed by atoms with E-state index in [1.807, 2.05) is 0 Å². The third kappa shape index (κ3) is 0.863. The van der Waals surface area contributed by atoms with Crippen molar-refractivity contribution in [2.45, 2.75) is 13.8 Å². The van der Waals surface area contributed by atoms with Gasteiger partial charge in [-0.15, -0.1) is 8.19 Å². The van der Waals surface area contributed by atoms with Gasteiger partial charge in [0.05, 0.1) is 0 Å². The van der Waals surface area contributed by atoms with E-state index in [0.29, 0.717) is 0 Å². The Bertz CT molecular complexity index is 136. The summed E-state index contributed by atoms with van der Waals surface area (Å²) < 4.78 is 0. The Labute approximate surface area is 45.6 Å². The van der Waals surface area contributed by atoms with Crippen LogP contribution in [0.5, 0.6) is 0 Å². The summed E-state index contributed by atoms with van der Waals surface area (Å²) in [5.41, 5.74) is 2.91. The Balaban J connectivity index is 3.12. The van der Waals surface area contributed by atoms with Gasteiger partial charge < -0.3 is 0 Å². The van der Waals surface area contributed by atoms with Gasteiger partial charge in [0.2, 0.25) is 0 Å². The maximum Gasteiger partial charge on any atom is -0.0392 e. The molecule has 0 aromatic carbocycles. The molecule has 0 fully saturated rings. The van der Waals surface area contributed by atoms with Gasteiger partial charge in [-0.25, -0.2) is 0 Å². The van der Waals surface area contributed by atoms with Crippen LogP contribution in [-0.4, -0.2) is 0 Å². The van der Waals surface area contributed by atoms with E-state index in [9.17, 15) is 0 Å². The molecule has 0 radical (unpaired) electrons. The molecule has 1 aromatic rings. The van der Waals surface area contributed by atoms with E-state index < -0.39 is 0 Å². The van der Waals surface area contributed by atoms with Crippen LogP contribution < -0.4 is 0 Å². The van der Waals surface area contributed by atoms with Crippen LogP contribution in [0.4, 0.5) is 0 Å². The molecular weight excluding hydrogens is 103 g/mol. The molecule has 1 heterocycles. The minimum absolute atomic E-state index is 0.945. The minimum atomic E-state index is 0.945. The lowest BCUT2D eigenvalue weighted by Crippen LogP contribution is -1.63. The number of rotatable bonds is 0. The maximum atomic E-state index is 2.27. The van der Waals surface area contributed by atoms with Gasteiger partial charge in [-0.1, -0.05) is 0 Å². The van der Waals surface area contributed by atoms with Gasteiger partial charge in [-0.2, -0.15) is 0 Å². The fraction of sp³-hybridized carbons (Fsp3) is 0.333. The standard InChI is InChI=1S/C6H9P/c1-5-3-7-4-6(5)2/h3-4,7H,1-2H3. The van der Waals surface area contributed by atoms with Gasteiger partial charge in [0.25, 0.3) is 0 Å².